The van der Waals surface area contributed by atoms with Crippen molar-refractivity contribution in [2.45, 2.75) is 94.3 Å². The number of carbonyl (C=O) groups is 5. The molecule has 6 N–H and O–H groups in total. The minimum absolute atomic E-state index is 0.0787. The molecule has 4 aromatic carbocycles. The van der Waals surface area contributed by atoms with Crippen LogP contribution in [0.15, 0.2) is 131 Å². The molecule has 4 heterocycles. The predicted molar refractivity (Wildman–Crippen MR) is 258 cm³/mol. The summed E-state index contributed by atoms with van der Waals surface area (Å²) in [6.45, 7) is 2.00. The van der Waals surface area contributed by atoms with Crippen LogP contribution in [0, 0.1) is 0 Å². The summed E-state index contributed by atoms with van der Waals surface area (Å²) in [5.74, 6) is -2.88. The van der Waals surface area contributed by atoms with E-state index in [0.717, 1.165) is 39.1 Å². The number of aliphatic hydroxyl groups excluding tert-OH is 4. The summed E-state index contributed by atoms with van der Waals surface area (Å²) in [4.78, 5) is 77.4. The van der Waals surface area contributed by atoms with Crippen molar-refractivity contribution in [3.8, 4) is 11.1 Å². The Kier molecular flexibility index (Phi) is 16.0. The van der Waals surface area contributed by atoms with E-state index in [-0.39, 0.29) is 63.2 Å². The van der Waals surface area contributed by atoms with Crippen LogP contribution in [0.5, 0.6) is 0 Å². The second-order valence-corrected chi connectivity index (χ2v) is 18.2. The van der Waals surface area contributed by atoms with E-state index in [2.05, 4.69) is 20.6 Å². The number of piperidine rings is 1. The zero-order valence-electron chi connectivity index (χ0n) is 39.4. The molecular formula is C54H58N6O11. The number of nitrogens with one attached hydrogen (secondary N) is 2. The lowest BCUT2D eigenvalue weighted by Crippen LogP contribution is -2.54. The number of amides is 4. The number of aliphatic hydroxyl groups is 4. The second-order valence-electron chi connectivity index (χ2n) is 18.2. The number of carbonyl (C=O) groups excluding carboxylic acids is 5. The minimum Gasteiger partial charge on any atom is -0.449 e. The zero-order chi connectivity index (χ0) is 50.1. The second kappa shape index (κ2) is 22.6. The summed E-state index contributed by atoms with van der Waals surface area (Å²) in [6, 6.07) is 34.3. The first-order chi connectivity index (χ1) is 34.3. The van der Waals surface area contributed by atoms with Gasteiger partial charge in [0.05, 0.1) is 29.4 Å². The van der Waals surface area contributed by atoms with Gasteiger partial charge in [0.25, 0.3) is 23.6 Å². The molecule has 5 atom stereocenters. The number of nitrogens with zero attached hydrogens (tertiary/aromatic N) is 4. The van der Waals surface area contributed by atoms with Crippen molar-refractivity contribution < 1.29 is 53.2 Å². The van der Waals surface area contributed by atoms with Gasteiger partial charge in [0.15, 0.2) is 30.3 Å². The molecule has 2 saturated heterocycles. The average Bonchev–Trinajstić information content (AvgIpc) is 4.19. The third kappa shape index (κ3) is 11.8. The Balaban J connectivity index is 0.803. The highest BCUT2D eigenvalue weighted by atomic mass is 16.4. The third-order valence-corrected chi connectivity index (χ3v) is 13.6. The van der Waals surface area contributed by atoms with Gasteiger partial charge in [-0.1, -0.05) is 109 Å². The molecule has 1 unspecified atom stereocenters. The molecule has 370 valence electrons. The van der Waals surface area contributed by atoms with E-state index in [0.29, 0.717) is 43.8 Å². The molecule has 2 aliphatic heterocycles. The average molecular weight is 967 g/mol. The largest absolute Gasteiger partial charge is 0.449 e. The van der Waals surface area contributed by atoms with Gasteiger partial charge in [-0.15, -0.1) is 0 Å². The van der Waals surface area contributed by atoms with Gasteiger partial charge >= 0.3 is 0 Å². The number of aromatic nitrogens is 2. The van der Waals surface area contributed by atoms with E-state index >= 15 is 0 Å². The van der Waals surface area contributed by atoms with Crippen LogP contribution in [0.2, 0.25) is 0 Å². The van der Waals surface area contributed by atoms with Crippen molar-refractivity contribution in [3.05, 3.63) is 167 Å². The number of hydrogen-bond donors (Lipinski definition) is 6. The molecule has 17 heteroatoms. The van der Waals surface area contributed by atoms with E-state index in [4.69, 9.17) is 8.83 Å². The Morgan fingerprint density at radius 2 is 1.17 bits per heavy atom. The lowest BCUT2D eigenvalue weighted by molar-refractivity contribution is -0.154. The van der Waals surface area contributed by atoms with Crippen LogP contribution in [0.3, 0.4) is 0 Å². The highest BCUT2D eigenvalue weighted by molar-refractivity contribution is 5.92. The van der Waals surface area contributed by atoms with Gasteiger partial charge in [-0.05, 0) is 66.0 Å². The Labute approximate surface area is 410 Å². The lowest BCUT2D eigenvalue weighted by atomic mass is 9.70. The molecule has 2 aliphatic rings. The zero-order valence-corrected chi connectivity index (χ0v) is 39.4. The van der Waals surface area contributed by atoms with Crippen molar-refractivity contribution in [1.82, 2.24) is 30.4 Å². The topological polar surface area (TPSA) is 249 Å². The smallest absolute Gasteiger partial charge is 0.255 e. The number of likely N-dealkylation sites (tertiary alicyclic amines) is 2. The first-order valence-electron chi connectivity index (χ1n) is 23.8. The fraction of sp³-hybridized carbons (Fsp3) is 0.352. The quantitative estimate of drug-likeness (QED) is 0.0678. The molecule has 71 heavy (non-hydrogen) atoms. The summed E-state index contributed by atoms with van der Waals surface area (Å²) in [7, 11) is 0. The maximum Gasteiger partial charge on any atom is 0.255 e. The van der Waals surface area contributed by atoms with Gasteiger partial charge in [-0.25, -0.2) is 9.97 Å². The molecule has 2 fully saturated rings. The standard InChI is InChI=1S/C54H58N6O11/c1-34(61)54(23-27-59(28-24-54)52(68)48(64)46(62)51(67)56-31-45-58-42(33-71-45)30-36-11-6-3-7-12-36)40-20-18-38(19-21-40)37-14-16-39(17-15-37)43-13-8-26-60(43)53(69)49(65)47(63)50(66)55-25-22-44-57-41(32-70-44)29-35-9-4-2-5-10-35/h2-7,9-12,14-21,32-33,43,46-49,62-65H,8,13,22-31H2,1H3,(H,55,66)(H,56,67)/t43?,46-,47-,48-,49-/m1/s1. The summed E-state index contributed by atoms with van der Waals surface area (Å²) >= 11 is 0. The highest BCUT2D eigenvalue weighted by Crippen LogP contribution is 2.39. The van der Waals surface area contributed by atoms with Gasteiger partial charge < -0.3 is 49.7 Å². The van der Waals surface area contributed by atoms with Crippen LogP contribution in [-0.4, -0.2) is 120 Å². The van der Waals surface area contributed by atoms with Crippen molar-refractivity contribution in [2.75, 3.05) is 26.2 Å². The number of ketones is 1. The number of rotatable bonds is 19. The van der Waals surface area contributed by atoms with Gasteiger partial charge in [-0.2, -0.15) is 0 Å². The number of Topliss-reactive ketones (excluding diaryl/α,β-unsaturated/α-hetero) is 1. The molecule has 6 aromatic rings. The molecule has 17 nitrogen and oxygen atoms in total. The molecule has 0 radical (unpaired) electrons. The first-order valence-corrected chi connectivity index (χ1v) is 23.8. The fourth-order valence-electron chi connectivity index (χ4n) is 9.45. The third-order valence-electron chi connectivity index (χ3n) is 13.6. The van der Waals surface area contributed by atoms with Crippen LogP contribution in [-0.2, 0) is 55.2 Å². The van der Waals surface area contributed by atoms with Crippen LogP contribution in [0.1, 0.15) is 84.1 Å². The summed E-state index contributed by atoms with van der Waals surface area (Å²) in [5, 5.41) is 48.0. The Hall–Kier alpha value is -7.31. The molecular weight excluding hydrogens is 909 g/mol. The van der Waals surface area contributed by atoms with Gasteiger partial charge in [0, 0.05) is 45.4 Å². The fourth-order valence-corrected chi connectivity index (χ4v) is 9.45. The van der Waals surface area contributed by atoms with Gasteiger partial charge in [-0.3, -0.25) is 24.0 Å². The van der Waals surface area contributed by atoms with Crippen molar-refractivity contribution in [2.24, 2.45) is 0 Å². The van der Waals surface area contributed by atoms with Crippen molar-refractivity contribution in [1.29, 1.82) is 0 Å². The molecule has 8 rings (SSSR count). The number of benzene rings is 4. The molecule has 4 amide bonds. The van der Waals surface area contributed by atoms with E-state index in [1.54, 1.807) is 6.26 Å². The summed E-state index contributed by atoms with van der Waals surface area (Å²) in [6.07, 6.45) is -1.77. The predicted octanol–water partition coefficient (Wildman–Crippen LogP) is 3.74. The summed E-state index contributed by atoms with van der Waals surface area (Å²) < 4.78 is 11.0. The van der Waals surface area contributed by atoms with Crippen LogP contribution in [0.25, 0.3) is 11.1 Å². The molecule has 0 saturated carbocycles. The van der Waals surface area contributed by atoms with Gasteiger partial charge in [0.2, 0.25) is 5.89 Å². The Morgan fingerprint density at radius 3 is 1.75 bits per heavy atom. The Bertz CT molecular complexity index is 2770. The highest BCUT2D eigenvalue weighted by Gasteiger charge is 2.44. The molecule has 0 spiro atoms. The van der Waals surface area contributed by atoms with Crippen LogP contribution < -0.4 is 10.6 Å². The van der Waals surface area contributed by atoms with E-state index < -0.39 is 53.5 Å². The van der Waals surface area contributed by atoms with Crippen LogP contribution in [0.4, 0.5) is 0 Å². The van der Waals surface area contributed by atoms with E-state index in [9.17, 15) is 44.4 Å². The van der Waals surface area contributed by atoms with Crippen molar-refractivity contribution >= 4 is 29.4 Å². The SMILES string of the molecule is CC(=O)C1(c2ccc(-c3ccc(C4CCCN4C(=O)[C@H](O)[C@@H](O)C(=O)NCCc4nc(Cc5ccccc5)co4)cc3)cc2)CCN(C(=O)[C@H](O)[C@@H](O)C(=O)NCc2nc(Cc3ccccc3)co2)CC1. The Morgan fingerprint density at radius 1 is 0.648 bits per heavy atom. The molecule has 2 aromatic heterocycles. The maximum absolute atomic E-state index is 13.5. The van der Waals surface area contributed by atoms with E-state index in [1.807, 2.05) is 109 Å². The summed E-state index contributed by atoms with van der Waals surface area (Å²) in [5.41, 5.74) is 5.95. The molecule has 0 aliphatic carbocycles. The monoisotopic (exact) mass is 966 g/mol. The number of oxazole rings is 2. The van der Waals surface area contributed by atoms with Gasteiger partial charge in [0.1, 0.15) is 18.3 Å². The van der Waals surface area contributed by atoms with Crippen LogP contribution >= 0.6 is 0 Å². The molecule has 0 bridgehead atoms. The maximum atomic E-state index is 13.5. The first kappa shape index (κ1) is 50.1. The minimum atomic E-state index is -2.04. The van der Waals surface area contributed by atoms with Crippen molar-refractivity contribution in [3.63, 3.8) is 0 Å². The van der Waals surface area contributed by atoms with E-state index in [1.165, 1.54) is 23.0 Å². The lowest BCUT2D eigenvalue weighted by Gasteiger charge is -2.41. The normalized spacial score (nSPS) is 17.2. The number of hydrogen-bond acceptors (Lipinski definition) is 13.